The second-order valence-electron chi connectivity index (χ2n) is 5.38. The molecular formula is C17H14ClN3O3S2. The Morgan fingerprint density at radius 2 is 2.04 bits per heavy atom. The molecule has 0 aliphatic heterocycles. The zero-order chi connectivity index (χ0) is 18.5. The number of amides is 1. The quantitative estimate of drug-likeness (QED) is 0.246. The number of nitrogens with zero attached hydrogens (tertiary/aromatic N) is 2. The molecular weight excluding hydrogens is 394 g/mol. The van der Waals surface area contributed by atoms with Crippen LogP contribution in [0.3, 0.4) is 0 Å². The van der Waals surface area contributed by atoms with E-state index in [2.05, 4.69) is 10.3 Å². The summed E-state index contributed by atoms with van der Waals surface area (Å²) in [5.74, 6) is 0.705. The first-order valence-corrected chi connectivity index (χ1v) is 9.92. The van der Waals surface area contributed by atoms with Crippen molar-refractivity contribution in [3.63, 3.8) is 0 Å². The van der Waals surface area contributed by atoms with Gasteiger partial charge in [-0.15, -0.1) is 11.8 Å². The molecule has 0 unspecified atom stereocenters. The Balaban J connectivity index is 1.49. The monoisotopic (exact) mass is 407 g/mol. The van der Waals surface area contributed by atoms with E-state index in [-0.39, 0.29) is 11.6 Å². The smallest absolute Gasteiger partial charge is 0.271 e. The van der Waals surface area contributed by atoms with Gasteiger partial charge in [0.15, 0.2) is 5.13 Å². The van der Waals surface area contributed by atoms with Crippen molar-refractivity contribution in [1.29, 1.82) is 0 Å². The Bertz CT molecular complexity index is 944. The number of non-ortho nitro benzene ring substituents is 1. The van der Waals surface area contributed by atoms with Crippen molar-refractivity contribution >= 4 is 61.6 Å². The second kappa shape index (κ2) is 8.48. The van der Waals surface area contributed by atoms with E-state index in [0.29, 0.717) is 22.1 Å². The fourth-order valence-corrected chi connectivity index (χ4v) is 4.06. The minimum Gasteiger partial charge on any atom is -0.302 e. The lowest BCUT2D eigenvalue weighted by Gasteiger charge is -2.02. The third-order valence-corrected chi connectivity index (χ3v) is 5.76. The number of thioether (sulfide) groups is 1. The van der Waals surface area contributed by atoms with E-state index in [9.17, 15) is 14.9 Å². The van der Waals surface area contributed by atoms with Gasteiger partial charge in [-0.05, 0) is 42.5 Å². The molecule has 0 spiro atoms. The molecule has 0 aliphatic rings. The van der Waals surface area contributed by atoms with Crippen molar-refractivity contribution < 1.29 is 9.72 Å². The number of carbonyl (C=O) groups is 1. The van der Waals surface area contributed by atoms with E-state index in [1.165, 1.54) is 23.5 Å². The molecule has 0 bridgehead atoms. The first-order valence-electron chi connectivity index (χ1n) is 7.74. The fraction of sp³-hybridized carbons (Fsp3) is 0.176. The number of anilines is 1. The second-order valence-corrected chi connectivity index (χ2v) is 8.02. The highest BCUT2D eigenvalue weighted by Crippen LogP contribution is 2.29. The molecule has 6 nitrogen and oxygen atoms in total. The molecule has 3 aromatic rings. The number of carbonyl (C=O) groups excluding carboxylic acids is 1. The number of hydrogen-bond acceptors (Lipinski definition) is 6. The number of aromatic nitrogens is 1. The van der Waals surface area contributed by atoms with Crippen molar-refractivity contribution in [2.45, 2.75) is 17.7 Å². The zero-order valence-corrected chi connectivity index (χ0v) is 15.9. The first kappa shape index (κ1) is 18.6. The molecule has 2 aromatic carbocycles. The third kappa shape index (κ3) is 4.94. The van der Waals surface area contributed by atoms with Gasteiger partial charge in [0, 0.05) is 28.5 Å². The Kier molecular flexibility index (Phi) is 6.08. The number of nitrogens with one attached hydrogen (secondary N) is 1. The van der Waals surface area contributed by atoms with Crippen molar-refractivity contribution in [2.24, 2.45) is 0 Å². The summed E-state index contributed by atoms with van der Waals surface area (Å²) in [5.41, 5.74) is 0.498. The standard InChI is InChI=1S/C17H14ClN3O3S2/c18-11-3-6-13(7-4-11)25-9-1-2-16(22)20-17-19-14-10-12(21(23)24)5-8-15(14)26-17/h3-8,10H,1-2,9H2,(H,19,20,22). The number of hydrogen-bond donors (Lipinski definition) is 1. The predicted octanol–water partition coefficient (Wildman–Crippen LogP) is 5.37. The molecule has 0 atom stereocenters. The van der Waals surface area contributed by atoms with E-state index in [0.717, 1.165) is 21.8 Å². The molecule has 0 radical (unpaired) electrons. The number of nitro groups is 1. The van der Waals surface area contributed by atoms with Gasteiger partial charge in [0.05, 0.1) is 15.1 Å². The van der Waals surface area contributed by atoms with Crippen LogP contribution in [-0.2, 0) is 4.79 Å². The highest BCUT2D eigenvalue weighted by atomic mass is 35.5. The van der Waals surface area contributed by atoms with Gasteiger partial charge < -0.3 is 5.32 Å². The Labute approximate surface area is 162 Å². The van der Waals surface area contributed by atoms with E-state index in [1.807, 2.05) is 24.3 Å². The molecule has 0 saturated heterocycles. The van der Waals surface area contributed by atoms with Crippen LogP contribution in [0.15, 0.2) is 47.4 Å². The van der Waals surface area contributed by atoms with Crippen LogP contribution < -0.4 is 5.32 Å². The molecule has 3 rings (SSSR count). The Hall–Kier alpha value is -2.16. The summed E-state index contributed by atoms with van der Waals surface area (Å²) in [6, 6.07) is 12.1. The average Bonchev–Trinajstić information content (AvgIpc) is 3.01. The lowest BCUT2D eigenvalue weighted by molar-refractivity contribution is -0.384. The molecule has 9 heteroatoms. The zero-order valence-electron chi connectivity index (χ0n) is 13.5. The van der Waals surface area contributed by atoms with Crippen LogP contribution in [0.5, 0.6) is 0 Å². The summed E-state index contributed by atoms with van der Waals surface area (Å²) in [4.78, 5) is 27.7. The van der Waals surface area contributed by atoms with Gasteiger partial charge in [-0.25, -0.2) is 4.98 Å². The highest BCUT2D eigenvalue weighted by molar-refractivity contribution is 7.99. The number of fused-ring (bicyclic) bond motifs is 1. The van der Waals surface area contributed by atoms with Crippen molar-refractivity contribution in [3.05, 3.63) is 57.6 Å². The summed E-state index contributed by atoms with van der Waals surface area (Å²) in [7, 11) is 0. The molecule has 134 valence electrons. The van der Waals surface area contributed by atoms with Crippen molar-refractivity contribution in [1.82, 2.24) is 4.98 Å². The van der Waals surface area contributed by atoms with Crippen LogP contribution in [0.1, 0.15) is 12.8 Å². The maximum Gasteiger partial charge on any atom is 0.271 e. The molecule has 1 amide bonds. The van der Waals surface area contributed by atoms with Crippen LogP contribution in [0.2, 0.25) is 5.02 Å². The summed E-state index contributed by atoms with van der Waals surface area (Å²) in [5, 5.41) is 14.7. The van der Waals surface area contributed by atoms with Gasteiger partial charge in [0.2, 0.25) is 5.91 Å². The molecule has 1 aromatic heterocycles. The van der Waals surface area contributed by atoms with E-state index in [1.54, 1.807) is 17.8 Å². The van der Waals surface area contributed by atoms with Crippen molar-refractivity contribution in [2.75, 3.05) is 11.1 Å². The minimum atomic E-state index is -0.463. The molecule has 0 aliphatic carbocycles. The Morgan fingerprint density at radius 1 is 1.27 bits per heavy atom. The lowest BCUT2D eigenvalue weighted by Crippen LogP contribution is -2.11. The minimum absolute atomic E-state index is 0.0140. The average molecular weight is 408 g/mol. The third-order valence-electron chi connectivity index (χ3n) is 3.46. The molecule has 1 N–H and O–H groups in total. The largest absolute Gasteiger partial charge is 0.302 e. The fourth-order valence-electron chi connectivity index (χ4n) is 2.22. The number of benzene rings is 2. The summed E-state index contributed by atoms with van der Waals surface area (Å²) < 4.78 is 0.796. The first-order chi connectivity index (χ1) is 12.5. The van der Waals surface area contributed by atoms with Gasteiger partial charge in [-0.3, -0.25) is 14.9 Å². The maximum atomic E-state index is 12.0. The molecule has 0 fully saturated rings. The van der Waals surface area contributed by atoms with Gasteiger partial charge in [-0.1, -0.05) is 22.9 Å². The number of halogens is 1. The summed E-state index contributed by atoms with van der Waals surface area (Å²) >= 11 is 8.81. The lowest BCUT2D eigenvalue weighted by atomic mass is 10.3. The van der Waals surface area contributed by atoms with Gasteiger partial charge in [0.1, 0.15) is 0 Å². The predicted molar refractivity (Wildman–Crippen MR) is 106 cm³/mol. The van der Waals surface area contributed by atoms with Crippen LogP contribution in [0, 0.1) is 10.1 Å². The maximum absolute atomic E-state index is 12.0. The topological polar surface area (TPSA) is 85.1 Å². The summed E-state index contributed by atoms with van der Waals surface area (Å²) in [6.07, 6.45) is 1.12. The van der Waals surface area contributed by atoms with E-state index >= 15 is 0 Å². The van der Waals surface area contributed by atoms with Crippen LogP contribution >= 0.6 is 34.7 Å². The SMILES string of the molecule is O=C(CCCSc1ccc(Cl)cc1)Nc1nc2cc([N+](=O)[O-])ccc2s1. The van der Waals surface area contributed by atoms with Gasteiger partial charge >= 0.3 is 0 Å². The summed E-state index contributed by atoms with van der Waals surface area (Å²) in [6.45, 7) is 0. The van der Waals surface area contributed by atoms with Crippen LogP contribution in [0.25, 0.3) is 10.2 Å². The molecule has 1 heterocycles. The van der Waals surface area contributed by atoms with Gasteiger partial charge in [-0.2, -0.15) is 0 Å². The van der Waals surface area contributed by atoms with Crippen molar-refractivity contribution in [3.8, 4) is 0 Å². The normalized spacial score (nSPS) is 10.8. The van der Waals surface area contributed by atoms with E-state index in [4.69, 9.17) is 11.6 Å². The van der Waals surface area contributed by atoms with E-state index < -0.39 is 4.92 Å². The van der Waals surface area contributed by atoms with Crippen LogP contribution in [-0.4, -0.2) is 21.6 Å². The molecule has 26 heavy (non-hydrogen) atoms. The highest BCUT2D eigenvalue weighted by Gasteiger charge is 2.12. The molecule has 0 saturated carbocycles. The number of thiazole rings is 1. The van der Waals surface area contributed by atoms with Gasteiger partial charge in [0.25, 0.3) is 5.69 Å². The van der Waals surface area contributed by atoms with Crippen LogP contribution in [0.4, 0.5) is 10.8 Å². The number of rotatable bonds is 7. The Morgan fingerprint density at radius 3 is 2.77 bits per heavy atom. The number of nitro benzene ring substituents is 1.